The maximum absolute atomic E-state index is 13.5. The third-order valence-electron chi connectivity index (χ3n) is 6.31. The van der Waals surface area contributed by atoms with Gasteiger partial charge in [-0.25, -0.2) is 13.4 Å². The van der Waals surface area contributed by atoms with Crippen molar-refractivity contribution in [3.63, 3.8) is 0 Å². The van der Waals surface area contributed by atoms with Crippen molar-refractivity contribution in [3.05, 3.63) is 48.0 Å². The first-order valence-corrected chi connectivity index (χ1v) is 14.0. The molecule has 0 N–H and O–H groups in total. The molecule has 0 spiro atoms. The van der Waals surface area contributed by atoms with E-state index >= 15 is 0 Å². The van der Waals surface area contributed by atoms with Crippen LogP contribution in [0.15, 0.2) is 47.4 Å². The Bertz CT molecular complexity index is 1290. The largest absolute Gasteiger partial charge is 0.497 e. The van der Waals surface area contributed by atoms with Gasteiger partial charge in [0.15, 0.2) is 5.13 Å². The number of carbonyl (C=O) groups is 1. The van der Waals surface area contributed by atoms with E-state index in [9.17, 15) is 13.2 Å². The van der Waals surface area contributed by atoms with Crippen LogP contribution in [0.1, 0.15) is 30.1 Å². The van der Waals surface area contributed by atoms with Crippen molar-refractivity contribution >= 4 is 55.0 Å². The number of methoxy groups -OCH3 is 1. The molecule has 2 heterocycles. The average molecular weight is 553 g/mol. The van der Waals surface area contributed by atoms with Gasteiger partial charge < -0.3 is 9.64 Å². The molecule has 0 bridgehead atoms. The molecule has 1 aromatic heterocycles. The average Bonchev–Trinajstić information content (AvgIpc) is 3.27. The van der Waals surface area contributed by atoms with E-state index in [2.05, 4.69) is 11.9 Å². The minimum Gasteiger partial charge on any atom is -0.497 e. The Morgan fingerprint density at radius 1 is 1.11 bits per heavy atom. The van der Waals surface area contributed by atoms with Gasteiger partial charge in [0.25, 0.3) is 5.91 Å². The number of halogens is 1. The lowest BCUT2D eigenvalue weighted by Gasteiger charge is -2.29. The first kappa shape index (κ1) is 28.3. The van der Waals surface area contributed by atoms with E-state index in [1.807, 2.05) is 37.2 Å². The summed E-state index contributed by atoms with van der Waals surface area (Å²) in [5.74, 6) is 1.06. The Morgan fingerprint density at radius 2 is 1.78 bits per heavy atom. The van der Waals surface area contributed by atoms with Gasteiger partial charge in [0, 0.05) is 31.7 Å². The highest BCUT2D eigenvalue weighted by Crippen LogP contribution is 2.32. The van der Waals surface area contributed by atoms with E-state index in [1.165, 1.54) is 23.5 Å². The van der Waals surface area contributed by atoms with Gasteiger partial charge in [0.2, 0.25) is 10.0 Å². The molecule has 36 heavy (non-hydrogen) atoms. The van der Waals surface area contributed by atoms with Crippen LogP contribution in [0, 0.1) is 5.92 Å². The van der Waals surface area contributed by atoms with Crippen molar-refractivity contribution in [1.29, 1.82) is 0 Å². The number of piperidine rings is 1. The minimum absolute atomic E-state index is 0. The molecule has 4 rings (SSSR count). The summed E-state index contributed by atoms with van der Waals surface area (Å²) < 4.78 is 33.9. The SMILES string of the molecule is COc1ccc2nc(N(CCN(C)C)C(=O)c3ccc(S(=O)(=O)N4CCC(C)CC4)cc3)sc2c1.Cl. The second kappa shape index (κ2) is 11.9. The van der Waals surface area contributed by atoms with Gasteiger partial charge in [-0.15, -0.1) is 12.4 Å². The van der Waals surface area contributed by atoms with E-state index in [0.29, 0.717) is 42.8 Å². The van der Waals surface area contributed by atoms with E-state index in [4.69, 9.17) is 4.74 Å². The Balaban J connectivity index is 0.00000361. The number of carbonyl (C=O) groups excluding carboxylic acids is 1. The maximum Gasteiger partial charge on any atom is 0.260 e. The first-order chi connectivity index (χ1) is 16.7. The number of ether oxygens (including phenoxy) is 1. The van der Waals surface area contributed by atoms with E-state index < -0.39 is 10.0 Å². The van der Waals surface area contributed by atoms with Gasteiger partial charge in [0.1, 0.15) is 5.75 Å². The van der Waals surface area contributed by atoms with Crippen LogP contribution >= 0.6 is 23.7 Å². The number of sulfonamides is 1. The van der Waals surface area contributed by atoms with Gasteiger partial charge in [-0.1, -0.05) is 18.3 Å². The molecule has 3 aromatic rings. The highest BCUT2D eigenvalue weighted by atomic mass is 35.5. The number of likely N-dealkylation sites (N-methyl/N-ethyl adjacent to an activating group) is 1. The molecular formula is C25H33ClN4O4S2. The standard InChI is InChI=1S/C25H32N4O4S2.ClH/c1-18-11-13-28(14-12-18)35(31,32)21-8-5-19(6-9-21)24(30)29(16-15-27(2)3)25-26-22-10-7-20(33-4)17-23(22)34-25;/h5-10,17-18H,11-16H2,1-4H3;1H. The minimum atomic E-state index is -3.57. The summed E-state index contributed by atoms with van der Waals surface area (Å²) in [5.41, 5.74) is 1.22. The van der Waals surface area contributed by atoms with Crippen LogP contribution in [0.4, 0.5) is 5.13 Å². The number of rotatable bonds is 8. The lowest BCUT2D eigenvalue weighted by molar-refractivity contribution is 0.0985. The second-order valence-corrected chi connectivity index (χ2v) is 12.1. The van der Waals surface area contributed by atoms with E-state index in [0.717, 1.165) is 28.8 Å². The van der Waals surface area contributed by atoms with Crippen molar-refractivity contribution in [3.8, 4) is 5.75 Å². The number of amides is 1. The van der Waals surface area contributed by atoms with Gasteiger partial charge in [-0.3, -0.25) is 9.69 Å². The predicted octanol–water partition coefficient (Wildman–Crippen LogP) is 4.36. The maximum atomic E-state index is 13.5. The predicted molar refractivity (Wildman–Crippen MR) is 147 cm³/mol. The van der Waals surface area contributed by atoms with Gasteiger partial charge in [0.05, 0.1) is 22.2 Å². The molecule has 8 nitrogen and oxygen atoms in total. The van der Waals surface area contributed by atoms with Gasteiger partial charge in [-0.2, -0.15) is 4.31 Å². The number of nitrogens with zero attached hydrogens (tertiary/aromatic N) is 4. The van der Waals surface area contributed by atoms with Crippen molar-refractivity contribution in [2.24, 2.45) is 5.92 Å². The summed E-state index contributed by atoms with van der Waals surface area (Å²) in [4.78, 5) is 22.1. The lowest BCUT2D eigenvalue weighted by Crippen LogP contribution is -2.38. The summed E-state index contributed by atoms with van der Waals surface area (Å²) in [5, 5.41) is 0.597. The van der Waals surface area contributed by atoms with Crippen LogP contribution in [-0.2, 0) is 10.0 Å². The van der Waals surface area contributed by atoms with Crippen molar-refractivity contribution in [1.82, 2.24) is 14.2 Å². The third-order valence-corrected chi connectivity index (χ3v) is 9.27. The second-order valence-electron chi connectivity index (χ2n) is 9.20. The topological polar surface area (TPSA) is 83.0 Å². The van der Waals surface area contributed by atoms with E-state index in [-0.39, 0.29) is 23.2 Å². The highest BCUT2D eigenvalue weighted by Gasteiger charge is 2.29. The van der Waals surface area contributed by atoms with Crippen LogP contribution in [0.25, 0.3) is 10.2 Å². The number of benzene rings is 2. The zero-order valence-electron chi connectivity index (χ0n) is 21.0. The number of aromatic nitrogens is 1. The van der Waals surface area contributed by atoms with E-state index in [1.54, 1.807) is 28.4 Å². The normalized spacial score (nSPS) is 15.1. The fourth-order valence-corrected chi connectivity index (χ4v) is 6.51. The van der Waals surface area contributed by atoms with Crippen LogP contribution in [0.2, 0.25) is 0 Å². The Kier molecular flexibility index (Phi) is 9.34. The molecule has 1 saturated heterocycles. The molecule has 1 amide bonds. The lowest BCUT2D eigenvalue weighted by atomic mass is 10.0. The monoisotopic (exact) mass is 552 g/mol. The highest BCUT2D eigenvalue weighted by molar-refractivity contribution is 7.89. The summed E-state index contributed by atoms with van der Waals surface area (Å²) >= 11 is 1.43. The van der Waals surface area contributed by atoms with Crippen LogP contribution in [0.5, 0.6) is 5.75 Å². The number of hydrogen-bond acceptors (Lipinski definition) is 7. The van der Waals surface area contributed by atoms with Crippen molar-refractivity contribution < 1.29 is 17.9 Å². The third kappa shape index (κ3) is 6.18. The van der Waals surface area contributed by atoms with Gasteiger partial charge in [-0.05, 0) is 75.3 Å². The number of fused-ring (bicyclic) bond motifs is 1. The molecule has 0 unspecified atom stereocenters. The van der Waals surface area contributed by atoms with Crippen molar-refractivity contribution in [2.45, 2.75) is 24.7 Å². The fourth-order valence-electron chi connectivity index (χ4n) is 4.02. The molecule has 1 aliphatic rings. The first-order valence-electron chi connectivity index (χ1n) is 11.7. The Labute approximate surface area is 223 Å². The molecular weight excluding hydrogens is 520 g/mol. The quantitative estimate of drug-likeness (QED) is 0.413. The summed E-state index contributed by atoms with van der Waals surface area (Å²) in [6.45, 7) is 4.32. The summed E-state index contributed by atoms with van der Waals surface area (Å²) in [6.07, 6.45) is 1.73. The molecule has 2 aromatic carbocycles. The molecule has 1 aliphatic heterocycles. The van der Waals surface area contributed by atoms with Crippen LogP contribution < -0.4 is 9.64 Å². The van der Waals surface area contributed by atoms with Crippen LogP contribution in [0.3, 0.4) is 0 Å². The van der Waals surface area contributed by atoms with Crippen LogP contribution in [-0.4, -0.2) is 75.9 Å². The number of anilines is 1. The summed E-state index contributed by atoms with van der Waals surface area (Å²) in [7, 11) is 1.95. The summed E-state index contributed by atoms with van der Waals surface area (Å²) in [6, 6.07) is 11.9. The molecule has 0 saturated carbocycles. The molecule has 196 valence electrons. The number of hydrogen-bond donors (Lipinski definition) is 0. The molecule has 0 radical (unpaired) electrons. The Hall–Kier alpha value is -2.24. The number of thiazole rings is 1. The van der Waals surface area contributed by atoms with Crippen molar-refractivity contribution in [2.75, 3.05) is 52.3 Å². The fraction of sp³-hybridized carbons (Fsp3) is 0.440. The smallest absolute Gasteiger partial charge is 0.260 e. The molecule has 11 heteroatoms. The zero-order chi connectivity index (χ0) is 25.2. The molecule has 1 fully saturated rings. The molecule has 0 aliphatic carbocycles. The van der Waals surface area contributed by atoms with Gasteiger partial charge >= 0.3 is 0 Å². The Morgan fingerprint density at radius 3 is 2.39 bits per heavy atom. The zero-order valence-corrected chi connectivity index (χ0v) is 23.5. The molecule has 0 atom stereocenters.